The molecule has 16 heavy (non-hydrogen) atoms. The third-order valence-corrected chi connectivity index (χ3v) is 2.75. The average molecular weight is 219 g/mol. The van der Waals surface area contributed by atoms with Crippen molar-refractivity contribution in [3.05, 3.63) is 23.8 Å². The predicted octanol–water partition coefficient (Wildman–Crippen LogP) is 2.32. The van der Waals surface area contributed by atoms with Gasteiger partial charge in [0.25, 0.3) is 0 Å². The molecule has 1 fully saturated rings. The molecular weight excluding hydrogens is 198 g/mol. The second-order valence-electron chi connectivity index (χ2n) is 5.76. The standard InChI is InChI=1S/C13H21N3/c1-13(2,3)16-9-11-7-14-12(15-8-11)6-10-4-5-10/h7-8,10,16H,4-6,9H2,1-3H3. The Labute approximate surface area is 97.7 Å². The number of nitrogens with one attached hydrogen (secondary N) is 1. The lowest BCUT2D eigenvalue weighted by atomic mass is 10.1. The molecule has 0 radical (unpaired) electrons. The van der Waals surface area contributed by atoms with Crippen molar-refractivity contribution < 1.29 is 0 Å². The SMILES string of the molecule is CC(C)(C)NCc1cnc(CC2CC2)nc1. The van der Waals surface area contributed by atoms with Gasteiger partial charge in [-0.2, -0.15) is 0 Å². The van der Waals surface area contributed by atoms with Gasteiger partial charge < -0.3 is 5.32 Å². The molecule has 1 heterocycles. The third-order valence-electron chi connectivity index (χ3n) is 2.75. The maximum atomic E-state index is 4.41. The fraction of sp³-hybridized carbons (Fsp3) is 0.692. The minimum Gasteiger partial charge on any atom is -0.308 e. The predicted molar refractivity (Wildman–Crippen MR) is 65.1 cm³/mol. The third kappa shape index (κ3) is 3.89. The van der Waals surface area contributed by atoms with Crippen LogP contribution >= 0.6 is 0 Å². The van der Waals surface area contributed by atoms with E-state index in [1.807, 2.05) is 12.4 Å². The van der Waals surface area contributed by atoms with Gasteiger partial charge in [-0.3, -0.25) is 0 Å². The molecule has 2 rings (SSSR count). The second-order valence-corrected chi connectivity index (χ2v) is 5.76. The molecule has 3 nitrogen and oxygen atoms in total. The summed E-state index contributed by atoms with van der Waals surface area (Å²) in [6.45, 7) is 7.33. The molecule has 0 spiro atoms. The molecule has 0 atom stereocenters. The zero-order valence-corrected chi connectivity index (χ0v) is 10.5. The Kier molecular flexibility index (Phi) is 3.24. The highest BCUT2D eigenvalue weighted by atomic mass is 15.0. The molecule has 0 unspecified atom stereocenters. The molecule has 1 N–H and O–H groups in total. The van der Waals surface area contributed by atoms with Crippen molar-refractivity contribution in [2.75, 3.05) is 0 Å². The summed E-state index contributed by atoms with van der Waals surface area (Å²) in [7, 11) is 0. The normalized spacial score (nSPS) is 16.4. The van der Waals surface area contributed by atoms with Crippen LogP contribution in [0.25, 0.3) is 0 Å². The first-order valence-corrected chi connectivity index (χ1v) is 6.08. The van der Waals surface area contributed by atoms with Crippen LogP contribution in [-0.4, -0.2) is 15.5 Å². The van der Waals surface area contributed by atoms with E-state index in [4.69, 9.17) is 0 Å². The quantitative estimate of drug-likeness (QED) is 0.844. The van der Waals surface area contributed by atoms with Gasteiger partial charge in [0, 0.05) is 36.5 Å². The van der Waals surface area contributed by atoms with Crippen LogP contribution < -0.4 is 5.32 Å². The van der Waals surface area contributed by atoms with Crippen molar-refractivity contribution in [2.45, 2.75) is 52.1 Å². The maximum absolute atomic E-state index is 4.41. The number of aromatic nitrogens is 2. The average Bonchev–Trinajstić information content (AvgIpc) is 3.00. The minimum absolute atomic E-state index is 0.146. The van der Waals surface area contributed by atoms with Gasteiger partial charge in [-0.1, -0.05) is 0 Å². The molecule has 1 aromatic heterocycles. The Bertz CT molecular complexity index is 333. The van der Waals surface area contributed by atoms with Gasteiger partial charge in [-0.25, -0.2) is 9.97 Å². The van der Waals surface area contributed by atoms with Crippen molar-refractivity contribution in [3.8, 4) is 0 Å². The molecule has 0 aromatic carbocycles. The van der Waals surface area contributed by atoms with Gasteiger partial charge in [0.05, 0.1) is 0 Å². The van der Waals surface area contributed by atoms with Crippen LogP contribution in [0.1, 0.15) is 45.0 Å². The first kappa shape index (κ1) is 11.5. The molecule has 0 aliphatic heterocycles. The Balaban J connectivity index is 1.86. The van der Waals surface area contributed by atoms with E-state index in [0.29, 0.717) is 0 Å². The summed E-state index contributed by atoms with van der Waals surface area (Å²) < 4.78 is 0. The lowest BCUT2D eigenvalue weighted by Gasteiger charge is -2.20. The van der Waals surface area contributed by atoms with Gasteiger partial charge in [0.15, 0.2) is 0 Å². The highest BCUT2D eigenvalue weighted by Crippen LogP contribution is 2.31. The second kappa shape index (κ2) is 4.50. The van der Waals surface area contributed by atoms with Crippen LogP contribution in [0.5, 0.6) is 0 Å². The molecule has 1 aromatic rings. The Morgan fingerprint density at radius 1 is 1.25 bits per heavy atom. The first-order chi connectivity index (χ1) is 7.53. The Morgan fingerprint density at radius 2 is 1.88 bits per heavy atom. The van der Waals surface area contributed by atoms with Gasteiger partial charge in [-0.05, 0) is 39.5 Å². The molecule has 1 saturated carbocycles. The zero-order valence-electron chi connectivity index (χ0n) is 10.5. The first-order valence-electron chi connectivity index (χ1n) is 6.08. The summed E-state index contributed by atoms with van der Waals surface area (Å²) in [6.07, 6.45) is 7.67. The fourth-order valence-corrected chi connectivity index (χ4v) is 1.53. The monoisotopic (exact) mass is 219 g/mol. The molecule has 88 valence electrons. The van der Waals surface area contributed by atoms with E-state index >= 15 is 0 Å². The van der Waals surface area contributed by atoms with Crippen molar-refractivity contribution in [2.24, 2.45) is 5.92 Å². The van der Waals surface area contributed by atoms with Crippen molar-refractivity contribution in [1.82, 2.24) is 15.3 Å². The van der Waals surface area contributed by atoms with E-state index in [2.05, 4.69) is 36.1 Å². The minimum atomic E-state index is 0.146. The van der Waals surface area contributed by atoms with Gasteiger partial charge in [-0.15, -0.1) is 0 Å². The number of nitrogens with zero attached hydrogens (tertiary/aromatic N) is 2. The lowest BCUT2D eigenvalue weighted by molar-refractivity contribution is 0.423. The van der Waals surface area contributed by atoms with Gasteiger partial charge in [0.2, 0.25) is 0 Å². The van der Waals surface area contributed by atoms with Crippen LogP contribution in [0.4, 0.5) is 0 Å². The van der Waals surface area contributed by atoms with E-state index in [0.717, 1.165) is 30.3 Å². The van der Waals surface area contributed by atoms with Gasteiger partial charge in [0.1, 0.15) is 5.82 Å². The topological polar surface area (TPSA) is 37.8 Å². The highest BCUT2D eigenvalue weighted by Gasteiger charge is 2.22. The van der Waals surface area contributed by atoms with Crippen molar-refractivity contribution in [3.63, 3.8) is 0 Å². The Hall–Kier alpha value is -0.960. The summed E-state index contributed by atoms with van der Waals surface area (Å²) >= 11 is 0. The molecule has 0 bridgehead atoms. The largest absolute Gasteiger partial charge is 0.308 e. The summed E-state index contributed by atoms with van der Waals surface area (Å²) in [6, 6.07) is 0. The summed E-state index contributed by atoms with van der Waals surface area (Å²) in [5.41, 5.74) is 1.31. The molecule has 1 aliphatic rings. The fourth-order valence-electron chi connectivity index (χ4n) is 1.53. The maximum Gasteiger partial charge on any atom is 0.128 e. The smallest absolute Gasteiger partial charge is 0.128 e. The zero-order chi connectivity index (χ0) is 11.6. The van der Waals surface area contributed by atoms with Crippen molar-refractivity contribution >= 4 is 0 Å². The van der Waals surface area contributed by atoms with Crippen LogP contribution in [0.3, 0.4) is 0 Å². The lowest BCUT2D eigenvalue weighted by Crippen LogP contribution is -2.35. The van der Waals surface area contributed by atoms with Crippen LogP contribution in [0.15, 0.2) is 12.4 Å². The van der Waals surface area contributed by atoms with E-state index in [-0.39, 0.29) is 5.54 Å². The molecule has 0 saturated heterocycles. The van der Waals surface area contributed by atoms with Gasteiger partial charge >= 0.3 is 0 Å². The van der Waals surface area contributed by atoms with Crippen LogP contribution in [-0.2, 0) is 13.0 Å². The highest BCUT2D eigenvalue weighted by molar-refractivity contribution is 5.06. The summed E-state index contributed by atoms with van der Waals surface area (Å²) in [5.74, 6) is 1.86. The van der Waals surface area contributed by atoms with E-state index in [1.54, 1.807) is 0 Å². The molecular formula is C13H21N3. The number of rotatable bonds is 4. The van der Waals surface area contributed by atoms with E-state index in [1.165, 1.54) is 12.8 Å². The van der Waals surface area contributed by atoms with E-state index < -0.39 is 0 Å². The molecule has 0 amide bonds. The summed E-state index contributed by atoms with van der Waals surface area (Å²) in [4.78, 5) is 8.82. The van der Waals surface area contributed by atoms with Crippen LogP contribution in [0.2, 0.25) is 0 Å². The molecule has 1 aliphatic carbocycles. The summed E-state index contributed by atoms with van der Waals surface area (Å²) in [5, 5.41) is 3.43. The van der Waals surface area contributed by atoms with Crippen LogP contribution in [0, 0.1) is 5.92 Å². The van der Waals surface area contributed by atoms with Crippen molar-refractivity contribution in [1.29, 1.82) is 0 Å². The number of hydrogen-bond donors (Lipinski definition) is 1. The molecule has 3 heteroatoms. The van der Waals surface area contributed by atoms with E-state index in [9.17, 15) is 0 Å². The Morgan fingerprint density at radius 3 is 2.38 bits per heavy atom. The number of hydrogen-bond acceptors (Lipinski definition) is 3.